The van der Waals surface area contributed by atoms with Gasteiger partial charge in [-0.05, 0) is 19.1 Å². The second-order valence-corrected chi connectivity index (χ2v) is 7.60. The summed E-state index contributed by atoms with van der Waals surface area (Å²) in [5.41, 5.74) is -2.12. The van der Waals surface area contributed by atoms with Gasteiger partial charge in [0.05, 0.1) is 24.1 Å². The normalized spacial score (nSPS) is 11.3. The summed E-state index contributed by atoms with van der Waals surface area (Å²) in [5.74, 6) is -3.23. The van der Waals surface area contributed by atoms with Gasteiger partial charge in [0.2, 0.25) is 15.8 Å². The van der Waals surface area contributed by atoms with E-state index in [0.717, 1.165) is 21.2 Å². The highest BCUT2D eigenvalue weighted by atomic mass is 32.2. The fourth-order valence-electron chi connectivity index (χ4n) is 2.33. The van der Waals surface area contributed by atoms with Crippen molar-refractivity contribution < 1.29 is 27.4 Å². The lowest BCUT2D eigenvalue weighted by atomic mass is 10.1. The first-order chi connectivity index (χ1) is 12.5. The topological polar surface area (TPSA) is 119 Å². The molecule has 0 saturated carbocycles. The van der Waals surface area contributed by atoms with Crippen LogP contribution < -0.4 is 9.86 Å². The number of aromatic hydroxyl groups is 1. The summed E-state index contributed by atoms with van der Waals surface area (Å²) in [4.78, 5) is 28.2. The number of sulfonamides is 1. The number of anilines is 1. The van der Waals surface area contributed by atoms with Crippen molar-refractivity contribution in [2.45, 2.75) is 6.92 Å². The Kier molecular flexibility index (Phi) is 5.54. The number of nitrogens with zero attached hydrogens (tertiary/aromatic N) is 3. The Morgan fingerprint density at radius 1 is 1.41 bits per heavy atom. The average Bonchev–Trinajstić information content (AvgIpc) is 2.59. The van der Waals surface area contributed by atoms with E-state index in [0.29, 0.717) is 0 Å². The lowest BCUT2D eigenvalue weighted by Crippen LogP contribution is -2.28. The largest absolute Gasteiger partial charge is 0.501 e. The number of benzene rings is 1. The maximum atomic E-state index is 14.6. The Hall–Kier alpha value is -2.95. The zero-order valence-corrected chi connectivity index (χ0v) is 15.9. The summed E-state index contributed by atoms with van der Waals surface area (Å²) < 4.78 is 44.8. The van der Waals surface area contributed by atoms with Crippen molar-refractivity contribution in [1.82, 2.24) is 9.55 Å². The molecular formula is C16H18FN3O6S. The van der Waals surface area contributed by atoms with E-state index in [-0.39, 0.29) is 23.7 Å². The number of halogens is 1. The van der Waals surface area contributed by atoms with E-state index < -0.39 is 38.8 Å². The molecule has 11 heteroatoms. The van der Waals surface area contributed by atoms with Crippen molar-refractivity contribution in [3.05, 3.63) is 40.1 Å². The second kappa shape index (κ2) is 7.35. The van der Waals surface area contributed by atoms with Gasteiger partial charge < -0.3 is 9.84 Å². The van der Waals surface area contributed by atoms with Crippen LogP contribution in [-0.4, -0.2) is 49.0 Å². The molecule has 0 bridgehead atoms. The van der Waals surface area contributed by atoms with Crippen molar-refractivity contribution in [3.8, 4) is 17.1 Å². The SMILES string of the molecule is CCOC(=O)c1nc(-c2c(F)cccc2N(C)S(C)(=O)=O)n(C)c(=O)c1O. The molecule has 2 rings (SSSR count). The number of rotatable bonds is 5. The molecule has 0 fully saturated rings. The Bertz CT molecular complexity index is 1060. The first-order valence-electron chi connectivity index (χ1n) is 7.70. The molecule has 1 aromatic heterocycles. The van der Waals surface area contributed by atoms with E-state index in [9.17, 15) is 27.5 Å². The van der Waals surface area contributed by atoms with Crippen molar-refractivity contribution in [2.24, 2.45) is 7.05 Å². The van der Waals surface area contributed by atoms with Crippen LogP contribution in [0.3, 0.4) is 0 Å². The van der Waals surface area contributed by atoms with Gasteiger partial charge in [0, 0.05) is 14.1 Å². The fraction of sp³-hybridized carbons (Fsp3) is 0.312. The summed E-state index contributed by atoms with van der Waals surface area (Å²) in [7, 11) is -1.35. The lowest BCUT2D eigenvalue weighted by molar-refractivity contribution is 0.0515. The van der Waals surface area contributed by atoms with E-state index in [4.69, 9.17) is 4.74 Å². The standard InChI is InChI=1S/C16H18FN3O6S/c1-5-26-16(23)12-13(21)15(22)19(2)14(18-12)11-9(17)7-6-8-10(11)20(3)27(4,24)25/h6-8,21H,5H2,1-4H3. The number of aromatic nitrogens is 2. The van der Waals surface area contributed by atoms with Crippen LogP contribution in [0.15, 0.2) is 23.0 Å². The van der Waals surface area contributed by atoms with Crippen molar-refractivity contribution in [2.75, 3.05) is 24.2 Å². The molecule has 0 radical (unpaired) electrons. The predicted molar refractivity (Wildman–Crippen MR) is 95.7 cm³/mol. The monoisotopic (exact) mass is 399 g/mol. The van der Waals surface area contributed by atoms with E-state index in [1.165, 1.54) is 33.2 Å². The summed E-state index contributed by atoms with van der Waals surface area (Å²) in [6, 6.07) is 3.67. The second-order valence-electron chi connectivity index (χ2n) is 5.58. The number of hydrogen-bond acceptors (Lipinski definition) is 7. The van der Waals surface area contributed by atoms with Gasteiger partial charge in [-0.3, -0.25) is 13.7 Å². The zero-order valence-electron chi connectivity index (χ0n) is 15.1. The van der Waals surface area contributed by atoms with Gasteiger partial charge in [-0.15, -0.1) is 0 Å². The number of ether oxygens (including phenoxy) is 1. The van der Waals surface area contributed by atoms with E-state index >= 15 is 0 Å². The highest BCUT2D eigenvalue weighted by molar-refractivity contribution is 7.92. The average molecular weight is 399 g/mol. The van der Waals surface area contributed by atoms with Gasteiger partial charge in [0.15, 0.2) is 5.69 Å². The molecule has 27 heavy (non-hydrogen) atoms. The van der Waals surface area contributed by atoms with Crippen molar-refractivity contribution >= 4 is 21.7 Å². The van der Waals surface area contributed by atoms with Crippen molar-refractivity contribution in [3.63, 3.8) is 0 Å². The van der Waals surface area contributed by atoms with E-state index in [1.807, 2.05) is 0 Å². The Morgan fingerprint density at radius 2 is 2.04 bits per heavy atom. The quantitative estimate of drug-likeness (QED) is 0.741. The number of esters is 1. The van der Waals surface area contributed by atoms with Crippen LogP contribution in [0, 0.1) is 5.82 Å². The van der Waals surface area contributed by atoms with Crippen LogP contribution in [0.4, 0.5) is 10.1 Å². The Morgan fingerprint density at radius 3 is 2.59 bits per heavy atom. The number of hydrogen-bond donors (Lipinski definition) is 1. The van der Waals surface area contributed by atoms with Crippen LogP contribution in [0.2, 0.25) is 0 Å². The van der Waals surface area contributed by atoms with Gasteiger partial charge in [-0.1, -0.05) is 6.07 Å². The Balaban J connectivity index is 2.87. The number of carbonyl (C=O) groups is 1. The molecule has 0 amide bonds. The molecule has 0 aliphatic heterocycles. The molecule has 1 aromatic carbocycles. The zero-order chi connectivity index (χ0) is 20.5. The van der Waals surface area contributed by atoms with Gasteiger partial charge in [-0.25, -0.2) is 22.6 Å². The highest BCUT2D eigenvalue weighted by Crippen LogP contribution is 2.33. The van der Waals surface area contributed by atoms with Crippen LogP contribution in [-0.2, 0) is 21.8 Å². The molecule has 0 aliphatic carbocycles. The molecule has 146 valence electrons. The smallest absolute Gasteiger partial charge is 0.361 e. The molecule has 1 N–H and O–H groups in total. The summed E-state index contributed by atoms with van der Waals surface area (Å²) in [6.45, 7) is 1.49. The third kappa shape index (κ3) is 3.77. The highest BCUT2D eigenvalue weighted by Gasteiger charge is 2.26. The molecule has 0 saturated heterocycles. The number of carbonyl (C=O) groups excluding carboxylic acids is 1. The van der Waals surface area contributed by atoms with Crippen LogP contribution in [0.5, 0.6) is 5.75 Å². The summed E-state index contributed by atoms with van der Waals surface area (Å²) >= 11 is 0. The van der Waals surface area contributed by atoms with E-state index in [2.05, 4.69) is 4.98 Å². The minimum absolute atomic E-state index is 0.0355. The predicted octanol–water partition coefficient (Wildman–Crippen LogP) is 0.865. The van der Waals surface area contributed by atoms with Gasteiger partial charge in [0.25, 0.3) is 5.56 Å². The lowest BCUT2D eigenvalue weighted by Gasteiger charge is -2.21. The molecule has 1 heterocycles. The van der Waals surface area contributed by atoms with Crippen LogP contribution in [0.1, 0.15) is 17.4 Å². The third-order valence-electron chi connectivity index (χ3n) is 3.79. The maximum Gasteiger partial charge on any atom is 0.361 e. The molecule has 9 nitrogen and oxygen atoms in total. The molecule has 2 aromatic rings. The van der Waals surface area contributed by atoms with E-state index in [1.54, 1.807) is 0 Å². The molecular weight excluding hydrogens is 381 g/mol. The molecule has 0 spiro atoms. The Labute approximate surface area is 154 Å². The minimum Gasteiger partial charge on any atom is -0.501 e. The van der Waals surface area contributed by atoms with Gasteiger partial charge in [-0.2, -0.15) is 0 Å². The minimum atomic E-state index is -3.76. The molecule has 0 atom stereocenters. The van der Waals surface area contributed by atoms with Crippen molar-refractivity contribution in [1.29, 1.82) is 0 Å². The molecule has 0 aliphatic rings. The van der Waals surface area contributed by atoms with Crippen LogP contribution in [0.25, 0.3) is 11.4 Å². The molecule has 0 unspecified atom stereocenters. The van der Waals surface area contributed by atoms with Gasteiger partial charge in [0.1, 0.15) is 11.6 Å². The van der Waals surface area contributed by atoms with Crippen LogP contribution >= 0.6 is 0 Å². The summed E-state index contributed by atoms with van der Waals surface area (Å²) in [6.07, 6.45) is 0.926. The van der Waals surface area contributed by atoms with Gasteiger partial charge >= 0.3 is 5.97 Å². The third-order valence-corrected chi connectivity index (χ3v) is 4.98. The summed E-state index contributed by atoms with van der Waals surface area (Å²) in [5, 5.41) is 9.93. The maximum absolute atomic E-state index is 14.6. The first-order valence-corrected chi connectivity index (χ1v) is 9.55. The first kappa shape index (κ1) is 20.4. The fourth-order valence-corrected chi connectivity index (χ4v) is 2.84.